The van der Waals surface area contributed by atoms with Crippen LogP contribution in [0.25, 0.3) is 10.9 Å². The van der Waals surface area contributed by atoms with Crippen LogP contribution in [-0.4, -0.2) is 49.2 Å². The van der Waals surface area contributed by atoms with Gasteiger partial charge in [-0.3, -0.25) is 4.90 Å². The van der Waals surface area contributed by atoms with Crippen molar-refractivity contribution in [2.45, 2.75) is 6.92 Å². The summed E-state index contributed by atoms with van der Waals surface area (Å²) in [4.78, 5) is 5.71. The van der Waals surface area contributed by atoms with Crippen LogP contribution in [0.15, 0.2) is 24.4 Å². The molecular formula is C15H21N3O. The Morgan fingerprint density at radius 2 is 2.11 bits per heavy atom. The maximum absolute atomic E-state index is 5.84. The van der Waals surface area contributed by atoms with E-state index in [2.05, 4.69) is 40.3 Å². The van der Waals surface area contributed by atoms with E-state index in [-0.39, 0.29) is 0 Å². The molecule has 2 N–H and O–H groups in total. The highest BCUT2D eigenvalue weighted by Crippen LogP contribution is 2.22. The molecule has 0 unspecified atom stereocenters. The predicted molar refractivity (Wildman–Crippen MR) is 77.8 cm³/mol. The molecule has 1 aliphatic rings. The normalized spacial score (nSPS) is 16.9. The summed E-state index contributed by atoms with van der Waals surface area (Å²) in [7, 11) is 0. The van der Waals surface area contributed by atoms with E-state index in [1.807, 2.05) is 6.20 Å². The highest BCUT2D eigenvalue weighted by atomic mass is 16.5. The maximum atomic E-state index is 5.84. The van der Waals surface area contributed by atoms with Gasteiger partial charge in [0.15, 0.2) is 0 Å². The van der Waals surface area contributed by atoms with Crippen LogP contribution in [0, 0.1) is 6.92 Å². The highest BCUT2D eigenvalue weighted by molar-refractivity contribution is 5.84. The van der Waals surface area contributed by atoms with Crippen molar-refractivity contribution in [2.75, 3.05) is 39.3 Å². The lowest BCUT2D eigenvalue weighted by Gasteiger charge is -2.26. The molecule has 4 nitrogen and oxygen atoms in total. The molecule has 19 heavy (non-hydrogen) atoms. The minimum absolute atomic E-state index is 0.755. The molecule has 0 aliphatic carbocycles. The zero-order chi connectivity index (χ0) is 13.1. The lowest BCUT2D eigenvalue weighted by molar-refractivity contribution is 0.191. The van der Waals surface area contributed by atoms with Gasteiger partial charge in [-0.15, -0.1) is 0 Å². The Morgan fingerprint density at radius 1 is 1.26 bits per heavy atom. The van der Waals surface area contributed by atoms with Crippen molar-refractivity contribution >= 4 is 10.9 Å². The summed E-state index contributed by atoms with van der Waals surface area (Å²) < 4.78 is 5.84. The van der Waals surface area contributed by atoms with Crippen molar-refractivity contribution in [2.24, 2.45) is 0 Å². The van der Waals surface area contributed by atoms with Crippen LogP contribution in [0.2, 0.25) is 0 Å². The van der Waals surface area contributed by atoms with Gasteiger partial charge in [-0.05, 0) is 24.6 Å². The number of fused-ring (bicyclic) bond motifs is 1. The summed E-state index contributed by atoms with van der Waals surface area (Å²) in [5, 5.41) is 4.63. The quantitative estimate of drug-likeness (QED) is 0.879. The molecule has 1 fully saturated rings. The molecule has 4 heteroatoms. The van der Waals surface area contributed by atoms with Crippen molar-refractivity contribution in [3.8, 4) is 5.75 Å². The van der Waals surface area contributed by atoms with Crippen LogP contribution in [0.3, 0.4) is 0 Å². The first-order valence-corrected chi connectivity index (χ1v) is 6.96. The third kappa shape index (κ3) is 2.91. The third-order valence-electron chi connectivity index (χ3n) is 3.75. The lowest BCUT2D eigenvalue weighted by atomic mass is 10.2. The van der Waals surface area contributed by atoms with Crippen LogP contribution in [0.1, 0.15) is 5.56 Å². The van der Waals surface area contributed by atoms with E-state index < -0.39 is 0 Å². The van der Waals surface area contributed by atoms with Crippen molar-refractivity contribution in [3.63, 3.8) is 0 Å². The van der Waals surface area contributed by atoms with E-state index in [9.17, 15) is 0 Å². The zero-order valence-electron chi connectivity index (χ0n) is 11.4. The van der Waals surface area contributed by atoms with E-state index >= 15 is 0 Å². The molecule has 1 aromatic carbocycles. The number of nitrogens with one attached hydrogen (secondary N) is 2. The summed E-state index contributed by atoms with van der Waals surface area (Å²) in [6.07, 6.45) is 2.04. The van der Waals surface area contributed by atoms with Gasteiger partial charge in [0.1, 0.15) is 12.4 Å². The first-order chi connectivity index (χ1) is 9.33. The number of ether oxygens (including phenoxy) is 1. The molecule has 0 bridgehead atoms. The van der Waals surface area contributed by atoms with Gasteiger partial charge in [0.2, 0.25) is 0 Å². The Labute approximate surface area is 113 Å². The van der Waals surface area contributed by atoms with E-state index in [1.54, 1.807) is 0 Å². The fourth-order valence-corrected chi connectivity index (χ4v) is 2.57. The SMILES string of the molecule is Cc1c[nH]c2cc(OCCN3CCNCC3)ccc12. The summed E-state index contributed by atoms with van der Waals surface area (Å²) in [6.45, 7) is 8.30. The van der Waals surface area contributed by atoms with Gasteiger partial charge in [0.25, 0.3) is 0 Å². The van der Waals surface area contributed by atoms with Crippen LogP contribution in [0.5, 0.6) is 5.75 Å². The third-order valence-corrected chi connectivity index (χ3v) is 3.75. The monoisotopic (exact) mass is 259 g/mol. The molecule has 0 radical (unpaired) electrons. The van der Waals surface area contributed by atoms with Crippen LogP contribution >= 0.6 is 0 Å². The van der Waals surface area contributed by atoms with Crippen molar-refractivity contribution < 1.29 is 4.74 Å². The number of rotatable bonds is 4. The van der Waals surface area contributed by atoms with Gasteiger partial charge < -0.3 is 15.0 Å². The van der Waals surface area contributed by atoms with Crippen LogP contribution in [-0.2, 0) is 0 Å². The Kier molecular flexibility index (Phi) is 3.71. The second-order valence-electron chi connectivity index (χ2n) is 5.12. The summed E-state index contributed by atoms with van der Waals surface area (Å²) in [5.41, 5.74) is 2.43. The number of hydrogen-bond donors (Lipinski definition) is 2. The number of aryl methyl sites for hydroxylation is 1. The van der Waals surface area contributed by atoms with Gasteiger partial charge in [-0.25, -0.2) is 0 Å². The van der Waals surface area contributed by atoms with E-state index in [1.165, 1.54) is 10.9 Å². The van der Waals surface area contributed by atoms with Gasteiger partial charge in [-0.2, -0.15) is 0 Å². The Hall–Kier alpha value is -1.52. The molecule has 1 aromatic heterocycles. The maximum Gasteiger partial charge on any atom is 0.121 e. The van der Waals surface area contributed by atoms with Crippen LogP contribution < -0.4 is 10.1 Å². The zero-order valence-corrected chi connectivity index (χ0v) is 11.4. The van der Waals surface area contributed by atoms with E-state index in [0.717, 1.165) is 50.6 Å². The van der Waals surface area contributed by atoms with Crippen molar-refractivity contribution in [3.05, 3.63) is 30.0 Å². The predicted octanol–water partition coefficient (Wildman–Crippen LogP) is 1.76. The molecule has 0 atom stereocenters. The Morgan fingerprint density at radius 3 is 2.95 bits per heavy atom. The minimum Gasteiger partial charge on any atom is -0.492 e. The fourth-order valence-electron chi connectivity index (χ4n) is 2.57. The molecule has 2 heterocycles. The summed E-state index contributed by atoms with van der Waals surface area (Å²) in [6, 6.07) is 6.27. The average Bonchev–Trinajstić information content (AvgIpc) is 2.81. The molecule has 0 spiro atoms. The van der Waals surface area contributed by atoms with Gasteiger partial charge >= 0.3 is 0 Å². The number of piperazine rings is 1. The van der Waals surface area contributed by atoms with Crippen molar-refractivity contribution in [1.29, 1.82) is 0 Å². The second-order valence-corrected chi connectivity index (χ2v) is 5.12. The highest BCUT2D eigenvalue weighted by Gasteiger charge is 2.09. The number of aromatic nitrogens is 1. The lowest BCUT2D eigenvalue weighted by Crippen LogP contribution is -2.44. The van der Waals surface area contributed by atoms with E-state index in [0.29, 0.717) is 0 Å². The number of H-pyrrole nitrogens is 1. The standard InChI is InChI=1S/C15H21N3O/c1-12-11-17-15-10-13(2-3-14(12)15)19-9-8-18-6-4-16-5-7-18/h2-3,10-11,16-17H,4-9H2,1H3. The number of aromatic amines is 1. The number of benzene rings is 1. The van der Waals surface area contributed by atoms with E-state index in [4.69, 9.17) is 4.74 Å². The average molecular weight is 259 g/mol. The first kappa shape index (κ1) is 12.5. The molecule has 3 rings (SSSR count). The smallest absolute Gasteiger partial charge is 0.121 e. The molecular weight excluding hydrogens is 238 g/mol. The topological polar surface area (TPSA) is 40.3 Å². The minimum atomic E-state index is 0.755. The molecule has 102 valence electrons. The summed E-state index contributed by atoms with van der Waals surface area (Å²) in [5.74, 6) is 0.949. The number of hydrogen-bond acceptors (Lipinski definition) is 3. The Balaban J connectivity index is 1.56. The molecule has 2 aromatic rings. The second kappa shape index (κ2) is 5.63. The molecule has 1 saturated heterocycles. The van der Waals surface area contributed by atoms with Gasteiger partial charge in [0.05, 0.1) is 0 Å². The molecule has 0 amide bonds. The Bertz CT molecular complexity index is 543. The van der Waals surface area contributed by atoms with Gasteiger partial charge in [0, 0.05) is 55.9 Å². The fraction of sp³-hybridized carbons (Fsp3) is 0.467. The summed E-state index contributed by atoms with van der Waals surface area (Å²) >= 11 is 0. The van der Waals surface area contributed by atoms with Crippen molar-refractivity contribution in [1.82, 2.24) is 15.2 Å². The van der Waals surface area contributed by atoms with Crippen LogP contribution in [0.4, 0.5) is 0 Å². The van der Waals surface area contributed by atoms with Gasteiger partial charge in [-0.1, -0.05) is 0 Å². The molecule has 1 aliphatic heterocycles. The number of nitrogens with zero attached hydrogens (tertiary/aromatic N) is 1. The molecule has 0 saturated carbocycles. The first-order valence-electron chi connectivity index (χ1n) is 6.96. The largest absolute Gasteiger partial charge is 0.492 e.